The first-order valence-corrected chi connectivity index (χ1v) is 12.0. The molecule has 1 fully saturated rings. The number of pyridine rings is 2. The van der Waals surface area contributed by atoms with E-state index in [-0.39, 0.29) is 24.8 Å². The van der Waals surface area contributed by atoms with Crippen molar-refractivity contribution in [3.8, 4) is 17.0 Å². The Balaban J connectivity index is 1.69. The number of hydrogen-bond acceptors (Lipinski definition) is 6. The average molecular weight is 534 g/mol. The lowest BCUT2D eigenvalue weighted by Crippen LogP contribution is -2.36. The summed E-state index contributed by atoms with van der Waals surface area (Å²) in [6.07, 6.45) is -2.79. The van der Waals surface area contributed by atoms with Crippen LogP contribution in [-0.4, -0.2) is 54.1 Å². The van der Waals surface area contributed by atoms with E-state index in [1.165, 1.54) is 0 Å². The number of aliphatic hydroxyl groups is 1. The topological polar surface area (TPSA) is 93.6 Å². The lowest BCUT2D eigenvalue weighted by molar-refractivity contribution is -0.137. The van der Waals surface area contributed by atoms with Crippen molar-refractivity contribution in [3.63, 3.8) is 0 Å². The van der Waals surface area contributed by atoms with Gasteiger partial charge in [0.05, 0.1) is 17.9 Å². The molecule has 3 heterocycles. The van der Waals surface area contributed by atoms with E-state index in [1.807, 2.05) is 6.92 Å². The van der Waals surface area contributed by atoms with Crippen molar-refractivity contribution in [2.24, 2.45) is 0 Å². The van der Waals surface area contributed by atoms with Gasteiger partial charge in [0.25, 0.3) is 5.91 Å². The minimum absolute atomic E-state index is 0.000693. The van der Waals surface area contributed by atoms with Gasteiger partial charge in [-0.3, -0.25) is 14.2 Å². The van der Waals surface area contributed by atoms with Gasteiger partial charge in [0.2, 0.25) is 5.88 Å². The van der Waals surface area contributed by atoms with E-state index >= 15 is 0 Å². The van der Waals surface area contributed by atoms with Gasteiger partial charge in [0.15, 0.2) is 0 Å². The molecule has 0 spiro atoms. The molecular formula is C27H27F4N3O4. The Labute approximate surface area is 216 Å². The van der Waals surface area contributed by atoms with Crippen LogP contribution in [0.5, 0.6) is 5.88 Å². The Morgan fingerprint density at radius 2 is 1.92 bits per heavy atom. The molecule has 0 aliphatic carbocycles. The molecule has 3 aromatic rings. The number of amides is 1. The highest BCUT2D eigenvalue weighted by molar-refractivity contribution is 6.03. The highest BCUT2D eigenvalue weighted by Gasteiger charge is 2.37. The fourth-order valence-electron chi connectivity index (χ4n) is 4.31. The zero-order valence-corrected chi connectivity index (χ0v) is 20.6. The maximum Gasteiger partial charge on any atom is 0.416 e. The number of rotatable bonds is 8. The highest BCUT2D eigenvalue weighted by Crippen LogP contribution is 2.38. The largest absolute Gasteiger partial charge is 0.475 e. The Kier molecular flexibility index (Phi) is 8.27. The number of benzene rings is 1. The SMILES string of the molecule is Cc1ccc(NC(=O)c2cc(C(F)(F)F)ccn2)cc1-c1cc(OCCO)nc(C2(CF)CCOCC2)c1. The van der Waals surface area contributed by atoms with Crippen molar-refractivity contribution < 1.29 is 36.9 Å². The first kappa shape index (κ1) is 27.5. The molecule has 1 aromatic carbocycles. The van der Waals surface area contributed by atoms with Crippen LogP contribution in [0.15, 0.2) is 48.7 Å². The summed E-state index contributed by atoms with van der Waals surface area (Å²) in [4.78, 5) is 21.0. The monoisotopic (exact) mass is 533 g/mol. The summed E-state index contributed by atoms with van der Waals surface area (Å²) in [5.41, 5.74) is 0.779. The first-order chi connectivity index (χ1) is 18.1. The third-order valence-electron chi connectivity index (χ3n) is 6.52. The quantitative estimate of drug-likeness (QED) is 0.391. The molecule has 1 amide bonds. The van der Waals surface area contributed by atoms with Crippen molar-refractivity contribution in [2.45, 2.75) is 31.4 Å². The fourth-order valence-corrected chi connectivity index (χ4v) is 4.31. The van der Waals surface area contributed by atoms with E-state index < -0.39 is 29.7 Å². The predicted octanol–water partition coefficient (Wildman–Crippen LogP) is 5.11. The number of carbonyl (C=O) groups is 1. The number of nitrogens with one attached hydrogen (secondary N) is 1. The zero-order valence-electron chi connectivity index (χ0n) is 20.6. The molecular weight excluding hydrogens is 506 g/mol. The number of nitrogens with zero attached hydrogens (tertiary/aromatic N) is 2. The summed E-state index contributed by atoms with van der Waals surface area (Å²) in [7, 11) is 0. The van der Waals surface area contributed by atoms with Gasteiger partial charge in [0.1, 0.15) is 19.0 Å². The number of alkyl halides is 4. The van der Waals surface area contributed by atoms with Crippen LogP contribution < -0.4 is 10.1 Å². The molecule has 0 saturated carbocycles. The van der Waals surface area contributed by atoms with Gasteiger partial charge >= 0.3 is 6.18 Å². The van der Waals surface area contributed by atoms with E-state index in [0.29, 0.717) is 54.6 Å². The third-order valence-corrected chi connectivity index (χ3v) is 6.52. The Bertz CT molecular complexity index is 1290. The Morgan fingerprint density at radius 1 is 1.16 bits per heavy atom. The number of halogens is 4. The van der Waals surface area contributed by atoms with Gasteiger partial charge in [-0.05, 0) is 66.8 Å². The molecule has 1 aliphatic rings. The van der Waals surface area contributed by atoms with Gasteiger partial charge in [-0.15, -0.1) is 0 Å². The van der Waals surface area contributed by atoms with Crippen molar-refractivity contribution in [1.29, 1.82) is 0 Å². The second-order valence-electron chi connectivity index (χ2n) is 9.09. The minimum Gasteiger partial charge on any atom is -0.475 e. The van der Waals surface area contributed by atoms with Gasteiger partial charge in [-0.1, -0.05) is 6.07 Å². The molecule has 0 unspecified atom stereocenters. The molecule has 1 aliphatic heterocycles. The molecule has 1 saturated heterocycles. The lowest BCUT2D eigenvalue weighted by Gasteiger charge is -2.34. The molecule has 4 rings (SSSR count). The van der Waals surface area contributed by atoms with E-state index in [0.717, 1.165) is 17.8 Å². The molecule has 2 N–H and O–H groups in total. The Morgan fingerprint density at radius 3 is 2.61 bits per heavy atom. The van der Waals surface area contributed by atoms with Crippen LogP contribution in [0.2, 0.25) is 0 Å². The van der Waals surface area contributed by atoms with Crippen molar-refractivity contribution in [3.05, 3.63) is 71.2 Å². The molecule has 11 heteroatoms. The summed E-state index contributed by atoms with van der Waals surface area (Å²) in [5.74, 6) is -0.584. The van der Waals surface area contributed by atoms with Crippen LogP contribution in [0, 0.1) is 6.92 Å². The number of aromatic nitrogens is 2. The molecule has 0 bridgehead atoms. The van der Waals surface area contributed by atoms with Gasteiger partial charge in [0, 0.05) is 36.6 Å². The van der Waals surface area contributed by atoms with Gasteiger partial charge in [-0.2, -0.15) is 13.2 Å². The van der Waals surface area contributed by atoms with Crippen LogP contribution in [0.25, 0.3) is 11.1 Å². The fraction of sp³-hybridized carbons (Fsp3) is 0.370. The second kappa shape index (κ2) is 11.4. The van der Waals surface area contributed by atoms with E-state index in [4.69, 9.17) is 9.47 Å². The van der Waals surface area contributed by atoms with Gasteiger partial charge < -0.3 is 19.9 Å². The number of hydrogen-bond donors (Lipinski definition) is 2. The molecule has 38 heavy (non-hydrogen) atoms. The molecule has 0 atom stereocenters. The van der Waals surface area contributed by atoms with Crippen LogP contribution >= 0.6 is 0 Å². The number of anilines is 1. The zero-order chi connectivity index (χ0) is 27.3. The normalized spacial score (nSPS) is 15.2. The van der Waals surface area contributed by atoms with Crippen LogP contribution in [0.1, 0.15) is 40.2 Å². The summed E-state index contributed by atoms with van der Waals surface area (Å²) in [6, 6.07) is 9.96. The Hall–Kier alpha value is -3.57. The average Bonchev–Trinajstić information content (AvgIpc) is 2.92. The summed E-state index contributed by atoms with van der Waals surface area (Å²) in [6.45, 7) is 1.78. The van der Waals surface area contributed by atoms with E-state index in [1.54, 1.807) is 30.3 Å². The standard InChI is InChI=1S/C27H27F4N3O4/c1-17-2-3-20(33-25(36)22-14-19(4-7-32-22)27(29,30)31)15-21(17)18-12-23(34-24(13-18)38-11-8-35)26(16-28)5-9-37-10-6-26/h2-4,7,12-15,35H,5-6,8-11,16H2,1H3,(H,33,36). The van der Waals surface area contributed by atoms with Crippen molar-refractivity contribution in [2.75, 3.05) is 38.4 Å². The maximum absolute atomic E-state index is 14.4. The van der Waals surface area contributed by atoms with Crippen molar-refractivity contribution in [1.82, 2.24) is 9.97 Å². The predicted molar refractivity (Wildman–Crippen MR) is 132 cm³/mol. The number of carbonyl (C=O) groups excluding carboxylic acids is 1. The van der Waals surface area contributed by atoms with Crippen LogP contribution in [0.3, 0.4) is 0 Å². The summed E-state index contributed by atoms with van der Waals surface area (Å²) in [5, 5.41) is 11.8. The minimum atomic E-state index is -4.61. The smallest absolute Gasteiger partial charge is 0.416 e. The maximum atomic E-state index is 14.4. The van der Waals surface area contributed by atoms with Crippen LogP contribution in [0.4, 0.5) is 23.2 Å². The summed E-state index contributed by atoms with van der Waals surface area (Å²) >= 11 is 0. The molecule has 2 aromatic heterocycles. The number of ether oxygens (including phenoxy) is 2. The molecule has 202 valence electrons. The van der Waals surface area contributed by atoms with Crippen LogP contribution in [-0.2, 0) is 16.3 Å². The molecule has 0 radical (unpaired) electrons. The molecule has 7 nitrogen and oxygen atoms in total. The summed E-state index contributed by atoms with van der Waals surface area (Å²) < 4.78 is 64.6. The van der Waals surface area contributed by atoms with E-state index in [2.05, 4.69) is 15.3 Å². The van der Waals surface area contributed by atoms with E-state index in [9.17, 15) is 27.5 Å². The highest BCUT2D eigenvalue weighted by atomic mass is 19.4. The van der Waals surface area contributed by atoms with Gasteiger partial charge in [-0.25, -0.2) is 4.98 Å². The third kappa shape index (κ3) is 6.11. The lowest BCUT2D eigenvalue weighted by atomic mass is 9.77. The number of aliphatic hydroxyl groups excluding tert-OH is 1. The second-order valence-corrected chi connectivity index (χ2v) is 9.09. The first-order valence-electron chi connectivity index (χ1n) is 12.0. The van der Waals surface area contributed by atoms with Crippen molar-refractivity contribution >= 4 is 11.6 Å². The number of aryl methyl sites for hydroxylation is 1.